The maximum absolute atomic E-state index is 12.8. The highest BCUT2D eigenvalue weighted by Gasteiger charge is 2.39. The molecule has 2 aliphatic heterocycles. The van der Waals surface area contributed by atoms with Gasteiger partial charge in [-0.05, 0) is 37.1 Å². The number of benzene rings is 1. The van der Waals surface area contributed by atoms with Crippen LogP contribution in [0, 0.1) is 0 Å². The molecule has 1 aromatic rings. The normalized spacial score (nSPS) is 23.7. The number of piperazine rings is 1. The van der Waals surface area contributed by atoms with E-state index in [2.05, 4.69) is 5.32 Å². The Morgan fingerprint density at radius 1 is 1.25 bits per heavy atom. The lowest BCUT2D eigenvalue weighted by Crippen LogP contribution is -2.54. The molecule has 2 N–H and O–H groups in total. The van der Waals surface area contributed by atoms with Crippen molar-refractivity contribution in [2.75, 3.05) is 33.3 Å². The number of likely N-dealkylation sites (N-methyl/N-ethyl adjacent to an activating group) is 1. The van der Waals surface area contributed by atoms with E-state index in [9.17, 15) is 13.2 Å². The number of carbonyl (C=O) groups excluding carboxylic acids is 1. The van der Waals surface area contributed by atoms with Crippen LogP contribution in [0.25, 0.3) is 0 Å². The summed E-state index contributed by atoms with van der Waals surface area (Å²) in [5.74, 6) is -0.0309. The van der Waals surface area contributed by atoms with Gasteiger partial charge in [-0.2, -0.15) is 4.31 Å². The molecule has 0 radical (unpaired) electrons. The smallest absolute Gasteiger partial charge is 0.254 e. The minimum absolute atomic E-state index is 0.0309. The van der Waals surface area contributed by atoms with Crippen molar-refractivity contribution in [1.29, 1.82) is 0 Å². The number of aliphatic hydroxyl groups is 1. The average Bonchev–Trinajstić information content (AvgIpc) is 2.83. The lowest BCUT2D eigenvalue weighted by atomic mass is 10.1. The van der Waals surface area contributed by atoms with Crippen molar-refractivity contribution in [2.24, 2.45) is 0 Å². The second kappa shape index (κ2) is 6.79. The number of amides is 1. The Balaban J connectivity index is 1.78. The number of fused-ring (bicyclic) bond motifs is 2. The SMILES string of the molecule is CN(CCO)S(=O)(=O)c1ccc(C(=O)N2[C@@H]3CC[C@H]2CNC3)cc1. The molecule has 2 aliphatic rings. The summed E-state index contributed by atoms with van der Waals surface area (Å²) in [6.07, 6.45) is 2.03. The van der Waals surface area contributed by atoms with Gasteiger partial charge in [0.05, 0.1) is 11.5 Å². The number of nitrogens with zero attached hydrogens (tertiary/aromatic N) is 2. The molecule has 2 saturated heterocycles. The summed E-state index contributed by atoms with van der Waals surface area (Å²) in [4.78, 5) is 14.8. The van der Waals surface area contributed by atoms with E-state index in [0.717, 1.165) is 30.2 Å². The molecule has 1 aromatic carbocycles. The van der Waals surface area contributed by atoms with E-state index in [1.54, 1.807) is 12.1 Å². The van der Waals surface area contributed by atoms with E-state index < -0.39 is 10.0 Å². The largest absolute Gasteiger partial charge is 0.395 e. The first-order valence-corrected chi connectivity index (χ1v) is 9.60. The predicted molar refractivity (Wildman–Crippen MR) is 89.2 cm³/mol. The molecule has 0 aromatic heterocycles. The highest BCUT2D eigenvalue weighted by Crippen LogP contribution is 2.28. The maximum Gasteiger partial charge on any atom is 0.254 e. The molecule has 3 rings (SSSR count). The summed E-state index contributed by atoms with van der Waals surface area (Å²) in [5.41, 5.74) is 0.512. The van der Waals surface area contributed by atoms with Gasteiger partial charge in [0.25, 0.3) is 5.91 Å². The molecular formula is C16H23N3O4S. The number of hydrogen-bond acceptors (Lipinski definition) is 5. The Morgan fingerprint density at radius 2 is 1.83 bits per heavy atom. The molecule has 2 bridgehead atoms. The highest BCUT2D eigenvalue weighted by atomic mass is 32.2. The van der Waals surface area contributed by atoms with E-state index in [1.165, 1.54) is 19.2 Å². The van der Waals surface area contributed by atoms with Gasteiger partial charge in [-0.15, -0.1) is 0 Å². The fourth-order valence-corrected chi connectivity index (χ4v) is 4.63. The number of rotatable bonds is 5. The highest BCUT2D eigenvalue weighted by molar-refractivity contribution is 7.89. The number of carbonyl (C=O) groups is 1. The molecule has 0 aliphatic carbocycles. The zero-order valence-electron chi connectivity index (χ0n) is 13.7. The molecule has 2 atom stereocenters. The molecule has 132 valence electrons. The summed E-state index contributed by atoms with van der Waals surface area (Å²) in [6, 6.07) is 6.53. The predicted octanol–water partition coefficient (Wildman–Crippen LogP) is -0.124. The van der Waals surface area contributed by atoms with Crippen molar-refractivity contribution in [2.45, 2.75) is 29.8 Å². The fourth-order valence-electron chi connectivity index (χ4n) is 3.47. The molecule has 1 amide bonds. The Labute approximate surface area is 142 Å². The van der Waals surface area contributed by atoms with Crippen molar-refractivity contribution in [1.82, 2.24) is 14.5 Å². The van der Waals surface area contributed by atoms with E-state index in [0.29, 0.717) is 5.56 Å². The number of aliphatic hydroxyl groups excluding tert-OH is 1. The molecule has 0 spiro atoms. The van der Waals surface area contributed by atoms with E-state index in [1.807, 2.05) is 4.90 Å². The molecule has 0 unspecified atom stereocenters. The first-order chi connectivity index (χ1) is 11.4. The monoisotopic (exact) mass is 353 g/mol. The molecule has 2 heterocycles. The first kappa shape index (κ1) is 17.3. The number of hydrogen-bond donors (Lipinski definition) is 2. The Kier molecular flexibility index (Phi) is 4.91. The standard InChI is InChI=1S/C16H23N3O4S/c1-18(8-9-20)24(22,23)15-6-2-12(3-7-15)16(21)19-13-4-5-14(19)11-17-10-13/h2-3,6-7,13-14,17,20H,4-5,8-11H2,1H3/t13-,14+. The lowest BCUT2D eigenvalue weighted by molar-refractivity contribution is 0.0619. The Bertz CT molecular complexity index is 689. The van der Waals surface area contributed by atoms with Crippen LogP contribution in [0.5, 0.6) is 0 Å². The van der Waals surface area contributed by atoms with Gasteiger partial charge in [0.15, 0.2) is 0 Å². The second-order valence-electron chi connectivity index (χ2n) is 6.33. The van der Waals surface area contributed by atoms with E-state index >= 15 is 0 Å². The summed E-state index contributed by atoms with van der Waals surface area (Å²) in [5, 5.41) is 12.2. The van der Waals surface area contributed by atoms with Gasteiger partial charge in [0, 0.05) is 44.3 Å². The third-order valence-corrected chi connectivity index (χ3v) is 6.71. The van der Waals surface area contributed by atoms with Crippen LogP contribution in [-0.2, 0) is 10.0 Å². The number of nitrogens with one attached hydrogen (secondary N) is 1. The lowest BCUT2D eigenvalue weighted by Gasteiger charge is -2.35. The van der Waals surface area contributed by atoms with Gasteiger partial charge in [-0.1, -0.05) is 0 Å². The van der Waals surface area contributed by atoms with Gasteiger partial charge < -0.3 is 15.3 Å². The summed E-state index contributed by atoms with van der Waals surface area (Å²) < 4.78 is 25.8. The minimum atomic E-state index is -3.64. The fraction of sp³-hybridized carbons (Fsp3) is 0.562. The second-order valence-corrected chi connectivity index (χ2v) is 8.38. The molecule has 8 heteroatoms. The quantitative estimate of drug-likeness (QED) is 0.770. The third-order valence-electron chi connectivity index (χ3n) is 4.84. The van der Waals surface area contributed by atoms with Crippen LogP contribution in [0.4, 0.5) is 0 Å². The van der Waals surface area contributed by atoms with Crippen LogP contribution in [0.1, 0.15) is 23.2 Å². The maximum atomic E-state index is 12.8. The van der Waals surface area contributed by atoms with Gasteiger partial charge in [-0.3, -0.25) is 4.79 Å². The Morgan fingerprint density at radius 3 is 2.38 bits per heavy atom. The van der Waals surface area contributed by atoms with Crippen LogP contribution in [-0.4, -0.2) is 74.0 Å². The zero-order chi connectivity index (χ0) is 17.3. The molecule has 24 heavy (non-hydrogen) atoms. The van der Waals surface area contributed by atoms with Crippen molar-refractivity contribution in [3.63, 3.8) is 0 Å². The topological polar surface area (TPSA) is 90.0 Å². The Hall–Kier alpha value is -1.48. The van der Waals surface area contributed by atoms with Gasteiger partial charge in [0.1, 0.15) is 0 Å². The van der Waals surface area contributed by atoms with E-state index in [-0.39, 0.29) is 36.0 Å². The molecule has 2 fully saturated rings. The van der Waals surface area contributed by atoms with Crippen LogP contribution < -0.4 is 5.32 Å². The minimum Gasteiger partial charge on any atom is -0.395 e. The summed E-state index contributed by atoms with van der Waals surface area (Å²) in [6.45, 7) is 1.44. The average molecular weight is 353 g/mol. The summed E-state index contributed by atoms with van der Waals surface area (Å²) >= 11 is 0. The van der Waals surface area contributed by atoms with Gasteiger partial charge in [0.2, 0.25) is 10.0 Å². The van der Waals surface area contributed by atoms with Crippen molar-refractivity contribution >= 4 is 15.9 Å². The van der Waals surface area contributed by atoms with E-state index in [4.69, 9.17) is 5.11 Å². The van der Waals surface area contributed by atoms with Crippen molar-refractivity contribution in [3.8, 4) is 0 Å². The van der Waals surface area contributed by atoms with Crippen LogP contribution in [0.2, 0.25) is 0 Å². The van der Waals surface area contributed by atoms with Crippen LogP contribution >= 0.6 is 0 Å². The van der Waals surface area contributed by atoms with Gasteiger partial charge >= 0.3 is 0 Å². The molecule has 0 saturated carbocycles. The van der Waals surface area contributed by atoms with Crippen LogP contribution in [0.15, 0.2) is 29.2 Å². The summed E-state index contributed by atoms with van der Waals surface area (Å²) in [7, 11) is -2.22. The van der Waals surface area contributed by atoms with Crippen LogP contribution in [0.3, 0.4) is 0 Å². The molecule has 7 nitrogen and oxygen atoms in total. The third kappa shape index (κ3) is 3.06. The molecular weight excluding hydrogens is 330 g/mol. The first-order valence-electron chi connectivity index (χ1n) is 8.16. The van der Waals surface area contributed by atoms with Crippen molar-refractivity contribution < 1.29 is 18.3 Å². The van der Waals surface area contributed by atoms with Crippen molar-refractivity contribution in [3.05, 3.63) is 29.8 Å². The zero-order valence-corrected chi connectivity index (χ0v) is 14.5. The van der Waals surface area contributed by atoms with Gasteiger partial charge in [-0.25, -0.2) is 8.42 Å². The number of sulfonamides is 1.